The third kappa shape index (κ3) is 4.93. The summed E-state index contributed by atoms with van der Waals surface area (Å²) in [4.78, 5) is 25.3. The zero-order valence-corrected chi connectivity index (χ0v) is 12.7. The summed E-state index contributed by atoms with van der Waals surface area (Å²) >= 11 is 0. The summed E-state index contributed by atoms with van der Waals surface area (Å²) in [6.07, 6.45) is -0.0897. The van der Waals surface area contributed by atoms with Gasteiger partial charge in [-0.05, 0) is 34.6 Å². The SMILES string of the molecule is O=C(O)OCc1ccc(SSc2ccc([N+](=O)[O-])cn2)cc1. The average Bonchev–Trinajstić information content (AvgIpc) is 2.52. The molecule has 22 heavy (non-hydrogen) atoms. The summed E-state index contributed by atoms with van der Waals surface area (Å²) < 4.78 is 4.47. The summed E-state index contributed by atoms with van der Waals surface area (Å²) in [7, 11) is 2.82. The molecule has 0 spiro atoms. The van der Waals surface area contributed by atoms with Crippen LogP contribution in [0.3, 0.4) is 0 Å². The van der Waals surface area contributed by atoms with Crippen LogP contribution in [0.1, 0.15) is 5.56 Å². The van der Waals surface area contributed by atoms with E-state index in [-0.39, 0.29) is 12.3 Å². The third-order valence-corrected chi connectivity index (χ3v) is 4.74. The molecule has 0 radical (unpaired) electrons. The van der Waals surface area contributed by atoms with Crippen molar-refractivity contribution in [3.63, 3.8) is 0 Å². The molecule has 7 nitrogen and oxygen atoms in total. The molecule has 2 aromatic rings. The molecule has 0 aliphatic heterocycles. The maximum absolute atomic E-state index is 10.5. The van der Waals surface area contributed by atoms with Gasteiger partial charge in [-0.15, -0.1) is 0 Å². The zero-order chi connectivity index (χ0) is 15.9. The molecule has 0 saturated carbocycles. The van der Waals surface area contributed by atoms with Crippen molar-refractivity contribution >= 4 is 33.4 Å². The lowest BCUT2D eigenvalue weighted by Crippen LogP contribution is -1.99. The van der Waals surface area contributed by atoms with Crippen molar-refractivity contribution in [1.29, 1.82) is 0 Å². The number of benzene rings is 1. The second kappa shape index (κ2) is 7.66. The summed E-state index contributed by atoms with van der Waals surface area (Å²) in [5.41, 5.74) is 0.711. The summed E-state index contributed by atoms with van der Waals surface area (Å²) in [6.45, 7) is 0.0112. The van der Waals surface area contributed by atoms with Gasteiger partial charge in [0.1, 0.15) is 17.8 Å². The molecular formula is C13H10N2O5S2. The van der Waals surface area contributed by atoms with E-state index in [0.717, 1.165) is 10.5 Å². The zero-order valence-electron chi connectivity index (χ0n) is 11.0. The molecule has 0 aliphatic carbocycles. The van der Waals surface area contributed by atoms with Crippen LogP contribution in [0.4, 0.5) is 10.5 Å². The van der Waals surface area contributed by atoms with Gasteiger partial charge in [-0.2, -0.15) is 0 Å². The predicted molar refractivity (Wildman–Crippen MR) is 81.9 cm³/mol. The van der Waals surface area contributed by atoms with E-state index in [9.17, 15) is 14.9 Å². The van der Waals surface area contributed by atoms with Crippen molar-refractivity contribution in [1.82, 2.24) is 4.98 Å². The number of nitrogens with zero attached hydrogens (tertiary/aromatic N) is 2. The fourth-order valence-electron chi connectivity index (χ4n) is 1.41. The van der Waals surface area contributed by atoms with Gasteiger partial charge >= 0.3 is 6.16 Å². The smallest absolute Gasteiger partial charge is 0.450 e. The highest BCUT2D eigenvalue weighted by atomic mass is 33.1. The highest BCUT2D eigenvalue weighted by Gasteiger charge is 2.06. The Bertz CT molecular complexity index is 661. The number of aromatic nitrogens is 1. The lowest BCUT2D eigenvalue weighted by atomic mass is 10.2. The quantitative estimate of drug-likeness (QED) is 0.365. The number of nitro groups is 1. The lowest BCUT2D eigenvalue weighted by molar-refractivity contribution is -0.385. The molecule has 0 fully saturated rings. The Kier molecular flexibility index (Phi) is 5.61. The van der Waals surface area contributed by atoms with Gasteiger partial charge in [-0.1, -0.05) is 22.9 Å². The van der Waals surface area contributed by atoms with Crippen LogP contribution in [0.2, 0.25) is 0 Å². The van der Waals surface area contributed by atoms with Crippen LogP contribution in [0.15, 0.2) is 52.5 Å². The van der Waals surface area contributed by atoms with E-state index >= 15 is 0 Å². The van der Waals surface area contributed by atoms with Crippen molar-refractivity contribution in [2.75, 3.05) is 0 Å². The van der Waals surface area contributed by atoms with Gasteiger partial charge in [0.15, 0.2) is 0 Å². The van der Waals surface area contributed by atoms with E-state index in [1.54, 1.807) is 18.2 Å². The van der Waals surface area contributed by atoms with Crippen molar-refractivity contribution in [2.24, 2.45) is 0 Å². The number of carbonyl (C=O) groups is 1. The Balaban J connectivity index is 1.88. The Morgan fingerprint density at radius 2 is 1.95 bits per heavy atom. The van der Waals surface area contributed by atoms with Gasteiger partial charge in [-0.25, -0.2) is 9.78 Å². The highest BCUT2D eigenvalue weighted by molar-refractivity contribution is 8.76. The Hall–Kier alpha value is -2.26. The molecule has 0 saturated heterocycles. The third-order valence-electron chi connectivity index (χ3n) is 2.44. The van der Waals surface area contributed by atoms with Gasteiger partial charge in [0.05, 0.1) is 4.92 Å². The molecule has 114 valence electrons. The molecule has 0 unspecified atom stereocenters. The fourth-order valence-corrected chi connectivity index (χ4v) is 3.23. The molecule has 1 aromatic carbocycles. The summed E-state index contributed by atoms with van der Waals surface area (Å²) in [6, 6.07) is 10.2. The molecule has 1 aromatic heterocycles. The Morgan fingerprint density at radius 1 is 1.23 bits per heavy atom. The van der Waals surface area contributed by atoms with E-state index in [1.807, 2.05) is 12.1 Å². The van der Waals surface area contributed by atoms with E-state index in [2.05, 4.69) is 9.72 Å². The monoisotopic (exact) mass is 338 g/mol. The van der Waals surface area contributed by atoms with Crippen LogP contribution in [0, 0.1) is 10.1 Å². The molecular weight excluding hydrogens is 328 g/mol. The largest absolute Gasteiger partial charge is 0.506 e. The first-order valence-electron chi connectivity index (χ1n) is 5.94. The molecule has 0 amide bonds. The van der Waals surface area contributed by atoms with E-state index in [4.69, 9.17) is 5.11 Å². The summed E-state index contributed by atoms with van der Waals surface area (Å²) in [5.74, 6) is 0. The molecule has 9 heteroatoms. The number of pyridine rings is 1. The van der Waals surface area contributed by atoms with Gasteiger partial charge in [-0.3, -0.25) is 10.1 Å². The topological polar surface area (TPSA) is 103 Å². The first kappa shape index (κ1) is 16.1. The molecule has 1 heterocycles. The van der Waals surface area contributed by atoms with Gasteiger partial charge in [0.2, 0.25) is 0 Å². The van der Waals surface area contributed by atoms with Gasteiger partial charge in [0.25, 0.3) is 5.69 Å². The standard InChI is InChI=1S/C13H10N2O5S2/c16-13(17)20-8-9-1-4-11(5-2-9)21-22-12-6-3-10(7-14-12)15(18)19/h1-7H,8H2,(H,16,17). The molecule has 1 N–H and O–H groups in total. The Morgan fingerprint density at radius 3 is 2.50 bits per heavy atom. The number of ether oxygens (including phenoxy) is 1. The van der Waals surface area contributed by atoms with Crippen LogP contribution in [0.5, 0.6) is 0 Å². The normalized spacial score (nSPS) is 10.2. The Labute approximate surface area is 133 Å². The number of carboxylic acid groups (broad SMARTS) is 1. The average molecular weight is 338 g/mol. The molecule has 2 rings (SSSR count). The first-order chi connectivity index (χ1) is 10.5. The van der Waals surface area contributed by atoms with Gasteiger partial charge in [0, 0.05) is 11.0 Å². The fraction of sp³-hybridized carbons (Fsp3) is 0.0769. The molecule has 0 aliphatic rings. The van der Waals surface area contributed by atoms with Crippen LogP contribution < -0.4 is 0 Å². The first-order valence-corrected chi connectivity index (χ1v) is 8.09. The van der Waals surface area contributed by atoms with E-state index in [0.29, 0.717) is 5.03 Å². The van der Waals surface area contributed by atoms with Crippen molar-refractivity contribution < 1.29 is 19.6 Å². The van der Waals surface area contributed by atoms with Crippen LogP contribution >= 0.6 is 21.6 Å². The number of hydrogen-bond donors (Lipinski definition) is 1. The number of hydrogen-bond acceptors (Lipinski definition) is 7. The maximum Gasteiger partial charge on any atom is 0.506 e. The van der Waals surface area contributed by atoms with Gasteiger partial charge < -0.3 is 9.84 Å². The lowest BCUT2D eigenvalue weighted by Gasteiger charge is -2.03. The van der Waals surface area contributed by atoms with Crippen molar-refractivity contribution in [2.45, 2.75) is 16.5 Å². The van der Waals surface area contributed by atoms with Crippen LogP contribution in [0.25, 0.3) is 0 Å². The van der Waals surface area contributed by atoms with Crippen molar-refractivity contribution in [3.8, 4) is 0 Å². The van der Waals surface area contributed by atoms with E-state index < -0.39 is 11.1 Å². The maximum atomic E-state index is 10.5. The minimum atomic E-state index is -1.31. The summed E-state index contributed by atoms with van der Waals surface area (Å²) in [5, 5.41) is 19.6. The second-order valence-electron chi connectivity index (χ2n) is 3.98. The highest BCUT2D eigenvalue weighted by Crippen LogP contribution is 2.36. The number of rotatable bonds is 6. The predicted octanol–water partition coefficient (Wildman–Crippen LogP) is 3.98. The van der Waals surface area contributed by atoms with Crippen LogP contribution in [-0.2, 0) is 11.3 Å². The minimum absolute atomic E-state index is 0.0112. The molecule has 0 bridgehead atoms. The molecule has 0 atom stereocenters. The van der Waals surface area contributed by atoms with E-state index in [1.165, 1.54) is 33.9 Å². The minimum Gasteiger partial charge on any atom is -0.450 e. The second-order valence-corrected chi connectivity index (χ2v) is 6.20. The van der Waals surface area contributed by atoms with Crippen molar-refractivity contribution in [3.05, 3.63) is 58.3 Å². The van der Waals surface area contributed by atoms with Crippen LogP contribution in [-0.4, -0.2) is 21.2 Å².